The summed E-state index contributed by atoms with van der Waals surface area (Å²) in [7, 11) is -3.93. The van der Waals surface area contributed by atoms with E-state index in [0.717, 1.165) is 19.6 Å². The fraction of sp³-hybridized carbons (Fsp3) is 0.400. The second-order valence-electron chi connectivity index (χ2n) is 7.74. The van der Waals surface area contributed by atoms with Crippen molar-refractivity contribution < 1.29 is 13.2 Å². The fourth-order valence-electron chi connectivity index (χ4n) is 3.82. The van der Waals surface area contributed by atoms with Crippen LogP contribution in [0.25, 0.3) is 10.2 Å². The van der Waals surface area contributed by atoms with Gasteiger partial charge in [0.15, 0.2) is 5.03 Å². The van der Waals surface area contributed by atoms with Crippen molar-refractivity contribution in [1.29, 1.82) is 0 Å². The lowest BCUT2D eigenvalue weighted by molar-refractivity contribution is 0.102. The van der Waals surface area contributed by atoms with Crippen molar-refractivity contribution in [1.82, 2.24) is 19.4 Å². The van der Waals surface area contributed by atoms with Gasteiger partial charge < -0.3 is 10.2 Å². The number of sulfonamides is 1. The van der Waals surface area contributed by atoms with Crippen LogP contribution in [0.2, 0.25) is 0 Å². The van der Waals surface area contributed by atoms with E-state index in [2.05, 4.69) is 20.2 Å². The fourth-order valence-corrected chi connectivity index (χ4v) is 5.25. The molecule has 1 fully saturated rings. The zero-order valence-electron chi connectivity index (χ0n) is 17.6. The Morgan fingerprint density at radius 3 is 2.59 bits per heavy atom. The summed E-state index contributed by atoms with van der Waals surface area (Å²) >= 11 is 1.29. The number of carbonyl (C=O) groups is 1. The second kappa shape index (κ2) is 9.06. The molecule has 3 N–H and O–H groups in total. The molecule has 1 saturated heterocycles. The first-order valence-corrected chi connectivity index (χ1v) is 12.6. The monoisotopic (exact) mass is 476 g/mol. The van der Waals surface area contributed by atoms with Gasteiger partial charge in [0.05, 0.1) is 29.2 Å². The van der Waals surface area contributed by atoms with Crippen LogP contribution >= 0.6 is 11.3 Å². The quantitative estimate of drug-likeness (QED) is 0.550. The number of nitrogens with zero attached hydrogens (tertiary/aromatic N) is 4. The molecule has 3 aromatic rings. The summed E-state index contributed by atoms with van der Waals surface area (Å²) in [5, 5.41) is 7.71. The molecular weight excluding hydrogens is 452 g/mol. The number of primary sulfonamides is 1. The molecule has 32 heavy (non-hydrogen) atoms. The first-order chi connectivity index (χ1) is 15.2. The molecule has 3 aromatic heterocycles. The number of carbonyl (C=O) groups excluding carboxylic acids is 1. The number of aromatic nitrogens is 3. The Hall–Kier alpha value is -2.67. The number of pyridine rings is 1. The van der Waals surface area contributed by atoms with E-state index >= 15 is 0 Å². The number of amides is 1. The lowest BCUT2D eigenvalue weighted by atomic mass is 10.1. The Bertz CT molecular complexity index is 1310. The number of nitrogens with one attached hydrogen (secondary N) is 1. The molecular formula is C20H24N6O4S2. The summed E-state index contributed by atoms with van der Waals surface area (Å²) in [4.78, 5) is 37.9. The average Bonchev–Trinajstić information content (AvgIpc) is 3.10. The van der Waals surface area contributed by atoms with Crippen molar-refractivity contribution in [3.05, 3.63) is 45.5 Å². The number of hydrogen-bond donors (Lipinski definition) is 2. The maximum absolute atomic E-state index is 13.2. The van der Waals surface area contributed by atoms with Gasteiger partial charge in [-0.05, 0) is 45.0 Å². The molecule has 0 aromatic carbocycles. The summed E-state index contributed by atoms with van der Waals surface area (Å²) < 4.78 is 24.3. The Labute approximate surface area is 189 Å². The minimum absolute atomic E-state index is 0.246. The highest BCUT2D eigenvalue weighted by molar-refractivity contribution is 7.89. The summed E-state index contributed by atoms with van der Waals surface area (Å²) in [5.74, 6) is -0.480. The Kier molecular flexibility index (Phi) is 6.38. The zero-order chi connectivity index (χ0) is 22.9. The number of piperidine rings is 1. The highest BCUT2D eigenvalue weighted by atomic mass is 32.2. The van der Waals surface area contributed by atoms with E-state index in [1.54, 1.807) is 17.8 Å². The van der Waals surface area contributed by atoms with Crippen LogP contribution in [0.4, 0.5) is 5.69 Å². The maximum Gasteiger partial charge on any atom is 0.262 e. The molecule has 0 unspecified atom stereocenters. The van der Waals surface area contributed by atoms with Crippen LogP contribution in [-0.4, -0.2) is 53.4 Å². The summed E-state index contributed by atoms with van der Waals surface area (Å²) in [6.45, 7) is 5.11. The maximum atomic E-state index is 13.2. The third kappa shape index (κ3) is 4.72. The minimum atomic E-state index is -3.93. The van der Waals surface area contributed by atoms with E-state index < -0.39 is 15.9 Å². The van der Waals surface area contributed by atoms with E-state index in [0.29, 0.717) is 21.6 Å². The van der Waals surface area contributed by atoms with Crippen molar-refractivity contribution in [3.63, 3.8) is 0 Å². The van der Waals surface area contributed by atoms with E-state index in [1.165, 1.54) is 48.9 Å². The van der Waals surface area contributed by atoms with Gasteiger partial charge in [-0.25, -0.2) is 23.5 Å². The largest absolute Gasteiger partial charge is 0.321 e. The van der Waals surface area contributed by atoms with Gasteiger partial charge in [0.1, 0.15) is 4.83 Å². The number of likely N-dealkylation sites (tertiary alicyclic amines) is 1. The first-order valence-electron chi connectivity index (χ1n) is 10.2. The number of aryl methyl sites for hydroxylation is 1. The van der Waals surface area contributed by atoms with Gasteiger partial charge in [-0.3, -0.25) is 14.2 Å². The minimum Gasteiger partial charge on any atom is -0.321 e. The molecule has 0 spiro atoms. The SMILES string of the molecule is Cc1sc2ncn(CCN3CCCCC3)c(=O)c2c1C(=O)Nc1ccc(S(N)(=O)=O)nc1. The highest BCUT2D eigenvalue weighted by Crippen LogP contribution is 2.27. The molecule has 4 rings (SSSR count). The summed E-state index contributed by atoms with van der Waals surface area (Å²) in [5.41, 5.74) is 0.310. The number of hydrogen-bond acceptors (Lipinski definition) is 8. The van der Waals surface area contributed by atoms with Crippen LogP contribution in [0.1, 0.15) is 34.5 Å². The lowest BCUT2D eigenvalue weighted by Gasteiger charge is -2.26. The molecule has 12 heteroatoms. The molecule has 0 radical (unpaired) electrons. The predicted molar refractivity (Wildman–Crippen MR) is 122 cm³/mol. The smallest absolute Gasteiger partial charge is 0.262 e. The average molecular weight is 477 g/mol. The molecule has 0 atom stereocenters. The lowest BCUT2D eigenvalue weighted by Crippen LogP contribution is -2.34. The number of fused-ring (bicyclic) bond motifs is 1. The van der Waals surface area contributed by atoms with Crippen molar-refractivity contribution in [2.24, 2.45) is 5.14 Å². The van der Waals surface area contributed by atoms with Crippen LogP contribution in [-0.2, 0) is 16.6 Å². The van der Waals surface area contributed by atoms with Gasteiger partial charge >= 0.3 is 0 Å². The van der Waals surface area contributed by atoms with Gasteiger partial charge in [0.2, 0.25) is 0 Å². The van der Waals surface area contributed by atoms with Crippen molar-refractivity contribution in [3.8, 4) is 0 Å². The molecule has 0 bridgehead atoms. The van der Waals surface area contributed by atoms with Crippen molar-refractivity contribution >= 4 is 43.2 Å². The number of thiophene rings is 1. The van der Waals surface area contributed by atoms with Gasteiger partial charge in [-0.1, -0.05) is 6.42 Å². The van der Waals surface area contributed by atoms with Crippen LogP contribution in [0.5, 0.6) is 0 Å². The Morgan fingerprint density at radius 2 is 1.94 bits per heavy atom. The topological polar surface area (TPSA) is 140 Å². The molecule has 1 aliphatic heterocycles. The molecule has 170 valence electrons. The zero-order valence-corrected chi connectivity index (χ0v) is 19.2. The molecule has 1 aliphatic rings. The normalized spacial score (nSPS) is 15.2. The third-order valence-electron chi connectivity index (χ3n) is 5.47. The van der Waals surface area contributed by atoms with Crippen molar-refractivity contribution in [2.75, 3.05) is 25.0 Å². The van der Waals surface area contributed by atoms with E-state index in [-0.39, 0.29) is 21.8 Å². The van der Waals surface area contributed by atoms with Crippen LogP contribution in [0.15, 0.2) is 34.5 Å². The van der Waals surface area contributed by atoms with Gasteiger partial charge in [-0.15, -0.1) is 11.3 Å². The van der Waals surface area contributed by atoms with Gasteiger partial charge in [-0.2, -0.15) is 0 Å². The van der Waals surface area contributed by atoms with Crippen LogP contribution in [0, 0.1) is 6.92 Å². The highest BCUT2D eigenvalue weighted by Gasteiger charge is 2.22. The van der Waals surface area contributed by atoms with E-state index in [4.69, 9.17) is 5.14 Å². The number of rotatable bonds is 6. The summed E-state index contributed by atoms with van der Waals surface area (Å²) in [6.07, 6.45) is 6.34. The number of anilines is 1. The molecule has 1 amide bonds. The van der Waals surface area contributed by atoms with Crippen molar-refractivity contribution in [2.45, 2.75) is 37.8 Å². The summed E-state index contributed by atoms with van der Waals surface area (Å²) in [6, 6.07) is 2.60. The molecule has 0 saturated carbocycles. The van der Waals surface area contributed by atoms with E-state index in [1.807, 2.05) is 0 Å². The molecule has 4 heterocycles. The predicted octanol–water partition coefficient (Wildman–Crippen LogP) is 1.55. The number of nitrogens with two attached hydrogens (primary N) is 1. The molecule has 0 aliphatic carbocycles. The van der Waals surface area contributed by atoms with Gasteiger partial charge in [0, 0.05) is 18.0 Å². The third-order valence-corrected chi connectivity index (χ3v) is 7.31. The standard InChI is InChI=1S/C20H24N6O4S2/c1-13-16(18(27)24-14-5-6-15(22-11-14)32(21,29)30)17-19(31-13)23-12-26(20(17)28)10-9-25-7-3-2-4-8-25/h5-6,11-12H,2-4,7-10H2,1H3,(H,24,27)(H2,21,29,30). The second-order valence-corrected chi connectivity index (χ2v) is 10.5. The van der Waals surface area contributed by atoms with Gasteiger partial charge in [0.25, 0.3) is 21.5 Å². The van der Waals surface area contributed by atoms with Crippen LogP contribution < -0.4 is 16.0 Å². The first kappa shape index (κ1) is 22.5. The van der Waals surface area contributed by atoms with E-state index in [9.17, 15) is 18.0 Å². The Balaban J connectivity index is 1.59. The Morgan fingerprint density at radius 1 is 1.19 bits per heavy atom. The van der Waals surface area contributed by atoms with Crippen LogP contribution in [0.3, 0.4) is 0 Å². The molecule has 10 nitrogen and oxygen atoms in total.